The van der Waals surface area contributed by atoms with Gasteiger partial charge in [0.15, 0.2) is 5.76 Å². The molecule has 2 N–H and O–H groups in total. The van der Waals surface area contributed by atoms with Gasteiger partial charge in [0.1, 0.15) is 0 Å². The SMILES string of the molecule is CCN(CC)S(=O)(=O)c1ccc(CNC(=O)c2ccc(C(=O)O)o2)cc1. The van der Waals surface area contributed by atoms with Crippen molar-refractivity contribution in [3.63, 3.8) is 0 Å². The van der Waals surface area contributed by atoms with Crippen molar-refractivity contribution in [2.45, 2.75) is 25.3 Å². The van der Waals surface area contributed by atoms with Crippen molar-refractivity contribution in [1.29, 1.82) is 0 Å². The number of benzene rings is 1. The van der Waals surface area contributed by atoms with Gasteiger partial charge in [-0.25, -0.2) is 13.2 Å². The minimum atomic E-state index is -3.52. The summed E-state index contributed by atoms with van der Waals surface area (Å²) < 4.78 is 31.1. The van der Waals surface area contributed by atoms with Crippen LogP contribution in [0.5, 0.6) is 0 Å². The quantitative estimate of drug-likeness (QED) is 0.723. The van der Waals surface area contributed by atoms with Crippen molar-refractivity contribution in [3.8, 4) is 0 Å². The number of hydrogen-bond acceptors (Lipinski definition) is 5. The molecule has 1 heterocycles. The number of carbonyl (C=O) groups excluding carboxylic acids is 1. The summed E-state index contributed by atoms with van der Waals surface area (Å²) in [5.74, 6) is -2.24. The molecule has 2 aromatic rings. The topological polar surface area (TPSA) is 117 Å². The van der Waals surface area contributed by atoms with Crippen LogP contribution in [0, 0.1) is 0 Å². The van der Waals surface area contributed by atoms with E-state index in [9.17, 15) is 18.0 Å². The maximum atomic E-state index is 12.4. The molecule has 0 atom stereocenters. The fourth-order valence-electron chi connectivity index (χ4n) is 2.34. The number of carbonyl (C=O) groups is 2. The van der Waals surface area contributed by atoms with E-state index in [1.807, 2.05) is 0 Å². The molecule has 140 valence electrons. The Kier molecular flexibility index (Phi) is 6.17. The van der Waals surface area contributed by atoms with Crippen LogP contribution in [0.25, 0.3) is 0 Å². The van der Waals surface area contributed by atoms with Crippen LogP contribution in [0.2, 0.25) is 0 Å². The number of sulfonamides is 1. The summed E-state index contributed by atoms with van der Waals surface area (Å²) >= 11 is 0. The predicted molar refractivity (Wildman–Crippen MR) is 93.4 cm³/mol. The van der Waals surface area contributed by atoms with E-state index < -0.39 is 21.9 Å². The Balaban J connectivity index is 2.03. The van der Waals surface area contributed by atoms with Gasteiger partial charge in [-0.3, -0.25) is 4.79 Å². The monoisotopic (exact) mass is 380 g/mol. The maximum Gasteiger partial charge on any atom is 0.371 e. The van der Waals surface area contributed by atoms with Gasteiger partial charge < -0.3 is 14.8 Å². The summed E-state index contributed by atoms with van der Waals surface area (Å²) in [4.78, 5) is 22.9. The molecule has 8 nitrogen and oxygen atoms in total. The van der Waals surface area contributed by atoms with Gasteiger partial charge in [0.05, 0.1) is 4.90 Å². The number of aromatic carboxylic acids is 1. The molecular formula is C17H20N2O6S. The lowest BCUT2D eigenvalue weighted by Gasteiger charge is -2.18. The lowest BCUT2D eigenvalue weighted by molar-refractivity contribution is 0.0659. The van der Waals surface area contributed by atoms with Gasteiger partial charge in [0, 0.05) is 19.6 Å². The molecule has 0 fully saturated rings. The highest BCUT2D eigenvalue weighted by Gasteiger charge is 2.21. The van der Waals surface area contributed by atoms with E-state index in [1.54, 1.807) is 26.0 Å². The van der Waals surface area contributed by atoms with Gasteiger partial charge in [-0.2, -0.15) is 4.31 Å². The molecule has 0 bridgehead atoms. The number of amides is 1. The summed E-state index contributed by atoms with van der Waals surface area (Å²) in [7, 11) is -3.52. The van der Waals surface area contributed by atoms with E-state index >= 15 is 0 Å². The number of nitrogens with zero attached hydrogens (tertiary/aromatic N) is 1. The molecule has 0 radical (unpaired) electrons. The Morgan fingerprint density at radius 2 is 1.62 bits per heavy atom. The van der Waals surface area contributed by atoms with Crippen molar-refractivity contribution >= 4 is 21.9 Å². The highest BCUT2D eigenvalue weighted by atomic mass is 32.2. The second kappa shape index (κ2) is 8.15. The zero-order valence-corrected chi connectivity index (χ0v) is 15.2. The molecule has 26 heavy (non-hydrogen) atoms. The molecule has 1 aromatic carbocycles. The third-order valence-corrected chi connectivity index (χ3v) is 5.82. The van der Waals surface area contributed by atoms with Gasteiger partial charge in [0.25, 0.3) is 5.91 Å². The molecule has 0 aliphatic heterocycles. The second-order valence-electron chi connectivity index (χ2n) is 5.39. The Labute approximate surface area is 151 Å². The largest absolute Gasteiger partial charge is 0.475 e. The highest BCUT2D eigenvalue weighted by Crippen LogP contribution is 2.16. The third kappa shape index (κ3) is 4.30. The molecule has 0 saturated carbocycles. The second-order valence-corrected chi connectivity index (χ2v) is 7.32. The van der Waals surface area contributed by atoms with Crippen LogP contribution in [-0.4, -0.2) is 42.8 Å². The lowest BCUT2D eigenvalue weighted by Crippen LogP contribution is -2.30. The van der Waals surface area contributed by atoms with Gasteiger partial charge in [-0.15, -0.1) is 0 Å². The van der Waals surface area contributed by atoms with Crippen LogP contribution in [-0.2, 0) is 16.6 Å². The first-order chi connectivity index (χ1) is 12.3. The summed E-state index contributed by atoms with van der Waals surface area (Å²) in [6.45, 7) is 4.47. The molecular weight excluding hydrogens is 360 g/mol. The van der Waals surface area contributed by atoms with Gasteiger partial charge in [-0.05, 0) is 29.8 Å². The normalized spacial score (nSPS) is 11.5. The fourth-order valence-corrected chi connectivity index (χ4v) is 3.79. The number of rotatable bonds is 8. The zero-order valence-electron chi connectivity index (χ0n) is 14.4. The number of carboxylic acids is 1. The predicted octanol–water partition coefficient (Wildman–Crippen LogP) is 1.94. The first kappa shape index (κ1) is 19.7. The molecule has 0 saturated heterocycles. The molecule has 0 aliphatic carbocycles. The minimum absolute atomic E-state index is 0.108. The number of furan rings is 1. The number of carboxylic acid groups (broad SMARTS) is 1. The molecule has 2 rings (SSSR count). The van der Waals surface area contributed by atoms with E-state index in [1.165, 1.54) is 28.6 Å². The molecule has 0 aliphatic rings. The first-order valence-corrected chi connectivity index (χ1v) is 9.44. The Morgan fingerprint density at radius 1 is 1.04 bits per heavy atom. The molecule has 0 spiro atoms. The zero-order chi connectivity index (χ0) is 19.3. The van der Waals surface area contributed by atoms with E-state index in [0.29, 0.717) is 18.7 Å². The van der Waals surface area contributed by atoms with E-state index in [2.05, 4.69) is 5.32 Å². The molecule has 9 heteroatoms. The summed E-state index contributed by atoms with van der Waals surface area (Å²) in [6.07, 6.45) is 0. The van der Waals surface area contributed by atoms with Crippen LogP contribution in [0.3, 0.4) is 0 Å². The van der Waals surface area contributed by atoms with E-state index in [-0.39, 0.29) is 23.0 Å². The molecule has 0 unspecified atom stereocenters. The Bertz CT molecular complexity index is 882. The molecule has 1 aromatic heterocycles. The van der Waals surface area contributed by atoms with Gasteiger partial charge >= 0.3 is 5.97 Å². The van der Waals surface area contributed by atoms with Crippen molar-refractivity contribution in [3.05, 3.63) is 53.5 Å². The summed E-state index contributed by atoms with van der Waals surface area (Å²) in [5, 5.41) is 11.4. The Hall–Kier alpha value is -2.65. The van der Waals surface area contributed by atoms with Gasteiger partial charge in [0.2, 0.25) is 15.8 Å². The van der Waals surface area contributed by atoms with Crippen LogP contribution in [0.4, 0.5) is 0 Å². The average Bonchev–Trinajstić information content (AvgIpc) is 3.11. The van der Waals surface area contributed by atoms with Crippen LogP contribution in [0.1, 0.15) is 40.5 Å². The Morgan fingerprint density at radius 3 is 2.12 bits per heavy atom. The van der Waals surface area contributed by atoms with E-state index in [0.717, 1.165) is 0 Å². The third-order valence-electron chi connectivity index (χ3n) is 3.76. The first-order valence-electron chi connectivity index (χ1n) is 8.00. The van der Waals surface area contributed by atoms with Crippen LogP contribution >= 0.6 is 0 Å². The maximum absolute atomic E-state index is 12.4. The van der Waals surface area contributed by atoms with Crippen molar-refractivity contribution in [1.82, 2.24) is 9.62 Å². The average molecular weight is 380 g/mol. The van der Waals surface area contributed by atoms with E-state index in [4.69, 9.17) is 9.52 Å². The van der Waals surface area contributed by atoms with Crippen LogP contribution < -0.4 is 5.32 Å². The fraction of sp³-hybridized carbons (Fsp3) is 0.294. The van der Waals surface area contributed by atoms with Gasteiger partial charge in [-0.1, -0.05) is 26.0 Å². The smallest absolute Gasteiger partial charge is 0.371 e. The van der Waals surface area contributed by atoms with Crippen molar-refractivity contribution < 1.29 is 27.5 Å². The van der Waals surface area contributed by atoms with Crippen molar-refractivity contribution in [2.75, 3.05) is 13.1 Å². The summed E-state index contributed by atoms with van der Waals surface area (Å²) in [6, 6.07) is 8.68. The lowest BCUT2D eigenvalue weighted by atomic mass is 10.2. The number of hydrogen-bond donors (Lipinski definition) is 2. The standard InChI is InChI=1S/C17H20N2O6S/c1-3-19(4-2)26(23,24)13-7-5-12(6-8-13)11-18-16(20)14-9-10-15(25-14)17(21)22/h5-10H,3-4,11H2,1-2H3,(H,18,20)(H,21,22). The number of nitrogens with one attached hydrogen (secondary N) is 1. The molecule has 1 amide bonds. The highest BCUT2D eigenvalue weighted by molar-refractivity contribution is 7.89. The van der Waals surface area contributed by atoms with Crippen molar-refractivity contribution in [2.24, 2.45) is 0 Å². The van der Waals surface area contributed by atoms with Crippen LogP contribution in [0.15, 0.2) is 45.7 Å². The minimum Gasteiger partial charge on any atom is -0.475 e. The summed E-state index contributed by atoms with van der Waals surface area (Å²) in [5.41, 5.74) is 0.696.